The molecule has 6 heteroatoms. The number of aliphatic hydroxyl groups is 1. The van der Waals surface area contributed by atoms with Gasteiger partial charge in [-0.3, -0.25) is 0 Å². The Hall–Kier alpha value is -1.30. The van der Waals surface area contributed by atoms with Crippen LogP contribution < -0.4 is 0 Å². The van der Waals surface area contributed by atoms with Gasteiger partial charge in [-0.1, -0.05) is 6.42 Å². The van der Waals surface area contributed by atoms with E-state index in [9.17, 15) is 19.8 Å². The monoisotopic (exact) mass is 284 g/mol. The first-order valence-electron chi connectivity index (χ1n) is 7.17. The van der Waals surface area contributed by atoms with Crippen LogP contribution in [0.25, 0.3) is 0 Å². The lowest BCUT2D eigenvalue weighted by Crippen LogP contribution is -2.55. The molecule has 3 unspecified atom stereocenters. The summed E-state index contributed by atoms with van der Waals surface area (Å²) in [6, 6.07) is -1.02. The summed E-state index contributed by atoms with van der Waals surface area (Å²) in [4.78, 5) is 27.0. The van der Waals surface area contributed by atoms with E-state index in [4.69, 9.17) is 0 Å². The number of rotatable bonds is 3. The average molecular weight is 284 g/mol. The number of likely N-dealkylation sites (tertiary alicyclic amines) is 1. The van der Waals surface area contributed by atoms with Gasteiger partial charge in [-0.2, -0.15) is 0 Å². The minimum Gasteiger partial charge on any atom is -0.480 e. The lowest BCUT2D eigenvalue weighted by molar-refractivity contribution is -0.142. The number of likely N-dealkylation sites (N-methyl/N-ethyl adjacent to an activating group) is 1. The number of hydrogen-bond acceptors (Lipinski definition) is 3. The quantitative estimate of drug-likeness (QED) is 0.810. The number of carboxylic acid groups (broad SMARTS) is 1. The Kier molecular flexibility index (Phi) is 3.95. The average Bonchev–Trinajstić information content (AvgIpc) is 2.95. The Morgan fingerprint density at radius 2 is 2.00 bits per heavy atom. The van der Waals surface area contributed by atoms with Crippen LogP contribution in [-0.4, -0.2) is 63.8 Å². The Morgan fingerprint density at radius 1 is 1.35 bits per heavy atom. The Balaban J connectivity index is 2.19. The molecule has 3 atom stereocenters. The van der Waals surface area contributed by atoms with Crippen molar-refractivity contribution in [2.45, 2.75) is 44.7 Å². The first kappa shape index (κ1) is 15.1. The van der Waals surface area contributed by atoms with Crippen LogP contribution in [0.1, 0.15) is 33.1 Å². The van der Waals surface area contributed by atoms with Crippen LogP contribution in [0.15, 0.2) is 0 Å². The fourth-order valence-electron chi connectivity index (χ4n) is 3.38. The highest BCUT2D eigenvalue weighted by Gasteiger charge is 2.50. The predicted molar refractivity (Wildman–Crippen MR) is 73.3 cm³/mol. The van der Waals surface area contributed by atoms with Crippen LogP contribution in [-0.2, 0) is 4.79 Å². The molecule has 2 amide bonds. The second kappa shape index (κ2) is 5.24. The molecule has 0 aromatic heterocycles. The van der Waals surface area contributed by atoms with E-state index < -0.39 is 17.6 Å². The van der Waals surface area contributed by atoms with Gasteiger partial charge in [0.1, 0.15) is 6.04 Å². The molecule has 2 N–H and O–H groups in total. The molecule has 0 aromatic rings. The van der Waals surface area contributed by atoms with Gasteiger partial charge >= 0.3 is 12.0 Å². The van der Waals surface area contributed by atoms with Crippen molar-refractivity contribution in [2.75, 3.05) is 20.2 Å². The van der Waals surface area contributed by atoms with E-state index in [1.807, 2.05) is 0 Å². The zero-order chi connectivity index (χ0) is 15.1. The molecule has 2 rings (SSSR count). The van der Waals surface area contributed by atoms with Crippen LogP contribution in [0.2, 0.25) is 0 Å². The van der Waals surface area contributed by atoms with Crippen molar-refractivity contribution in [2.24, 2.45) is 11.8 Å². The van der Waals surface area contributed by atoms with Gasteiger partial charge in [0.2, 0.25) is 0 Å². The number of carbonyl (C=O) groups excluding carboxylic acids is 1. The minimum absolute atomic E-state index is 0.0853. The zero-order valence-electron chi connectivity index (χ0n) is 12.4. The fraction of sp³-hybridized carbons (Fsp3) is 0.857. The first-order valence-corrected chi connectivity index (χ1v) is 7.17. The molecule has 2 fully saturated rings. The predicted octanol–water partition coefficient (Wildman–Crippen LogP) is 0.994. The largest absolute Gasteiger partial charge is 0.480 e. The molecule has 20 heavy (non-hydrogen) atoms. The van der Waals surface area contributed by atoms with E-state index >= 15 is 0 Å². The molecule has 1 aliphatic heterocycles. The second-order valence-electron chi connectivity index (χ2n) is 6.60. The summed E-state index contributed by atoms with van der Waals surface area (Å²) in [6.45, 7) is 3.88. The summed E-state index contributed by atoms with van der Waals surface area (Å²) in [5, 5.41) is 18.8. The fourth-order valence-corrected chi connectivity index (χ4v) is 3.38. The van der Waals surface area contributed by atoms with Gasteiger partial charge in [0.15, 0.2) is 0 Å². The van der Waals surface area contributed by atoms with Crippen molar-refractivity contribution in [1.82, 2.24) is 9.80 Å². The minimum atomic E-state index is -0.914. The molecular formula is C14H24N2O4. The lowest BCUT2D eigenvalue weighted by Gasteiger charge is -2.38. The molecule has 114 valence electrons. The van der Waals surface area contributed by atoms with Crippen molar-refractivity contribution in [3.63, 3.8) is 0 Å². The van der Waals surface area contributed by atoms with Gasteiger partial charge in [0, 0.05) is 13.6 Å². The number of amides is 2. The Labute approximate surface area is 119 Å². The standard InChI is InChI=1S/C14H24N2O4/c1-14(2,8-17)15(3)13(20)16-7-9-5-4-6-10(9)11(16)12(18)19/h9-11,17H,4-8H2,1-3H3,(H,18,19). The number of carboxylic acids is 1. The van der Waals surface area contributed by atoms with Gasteiger partial charge in [0.25, 0.3) is 0 Å². The van der Waals surface area contributed by atoms with E-state index in [0.29, 0.717) is 12.5 Å². The number of aliphatic hydroxyl groups excluding tert-OH is 1. The molecule has 1 aliphatic carbocycles. The summed E-state index contributed by atoms with van der Waals surface area (Å²) >= 11 is 0. The van der Waals surface area contributed by atoms with Crippen molar-refractivity contribution >= 4 is 12.0 Å². The topological polar surface area (TPSA) is 81.1 Å². The van der Waals surface area contributed by atoms with E-state index in [-0.39, 0.29) is 18.6 Å². The van der Waals surface area contributed by atoms with E-state index in [1.165, 1.54) is 9.80 Å². The number of aliphatic carboxylic acids is 1. The van der Waals surface area contributed by atoms with Crippen LogP contribution >= 0.6 is 0 Å². The molecule has 0 aromatic carbocycles. The van der Waals surface area contributed by atoms with Crippen LogP contribution in [0.4, 0.5) is 4.79 Å². The second-order valence-corrected chi connectivity index (χ2v) is 6.60. The summed E-state index contributed by atoms with van der Waals surface area (Å²) < 4.78 is 0. The maximum absolute atomic E-state index is 12.6. The zero-order valence-corrected chi connectivity index (χ0v) is 12.4. The smallest absolute Gasteiger partial charge is 0.326 e. The molecule has 2 aliphatic rings. The van der Waals surface area contributed by atoms with Gasteiger partial charge in [-0.25, -0.2) is 9.59 Å². The van der Waals surface area contributed by atoms with Crippen molar-refractivity contribution < 1.29 is 19.8 Å². The summed E-state index contributed by atoms with van der Waals surface area (Å²) in [7, 11) is 1.62. The molecular weight excluding hydrogens is 260 g/mol. The summed E-state index contributed by atoms with van der Waals surface area (Å²) in [6.07, 6.45) is 2.95. The SMILES string of the molecule is CN(C(=O)N1CC2CCCC2C1C(=O)O)C(C)(C)CO. The van der Waals surface area contributed by atoms with Crippen molar-refractivity contribution in [3.05, 3.63) is 0 Å². The molecule has 1 saturated carbocycles. The molecule has 0 bridgehead atoms. The van der Waals surface area contributed by atoms with E-state index in [2.05, 4.69) is 0 Å². The molecule has 1 saturated heterocycles. The summed E-state index contributed by atoms with van der Waals surface area (Å²) in [5.41, 5.74) is -0.697. The maximum Gasteiger partial charge on any atom is 0.326 e. The van der Waals surface area contributed by atoms with Crippen LogP contribution in [0.3, 0.4) is 0 Å². The van der Waals surface area contributed by atoms with Gasteiger partial charge < -0.3 is 20.0 Å². The third-order valence-corrected chi connectivity index (χ3v) is 4.97. The van der Waals surface area contributed by atoms with Crippen LogP contribution in [0.5, 0.6) is 0 Å². The molecule has 0 spiro atoms. The van der Waals surface area contributed by atoms with Gasteiger partial charge in [-0.05, 0) is 38.5 Å². The van der Waals surface area contributed by atoms with Crippen LogP contribution in [0, 0.1) is 11.8 Å². The normalized spacial score (nSPS) is 29.4. The lowest BCUT2D eigenvalue weighted by atomic mass is 9.94. The van der Waals surface area contributed by atoms with Gasteiger partial charge in [-0.15, -0.1) is 0 Å². The highest BCUT2D eigenvalue weighted by atomic mass is 16.4. The molecule has 6 nitrogen and oxygen atoms in total. The maximum atomic E-state index is 12.6. The molecule has 1 heterocycles. The Morgan fingerprint density at radius 3 is 2.55 bits per heavy atom. The third kappa shape index (κ3) is 2.37. The number of carbonyl (C=O) groups is 2. The third-order valence-electron chi connectivity index (χ3n) is 4.97. The summed E-state index contributed by atoms with van der Waals surface area (Å²) in [5.74, 6) is -0.518. The number of urea groups is 1. The van der Waals surface area contributed by atoms with Crippen molar-refractivity contribution in [1.29, 1.82) is 0 Å². The Bertz CT molecular complexity index is 410. The highest BCUT2D eigenvalue weighted by Crippen LogP contribution is 2.42. The van der Waals surface area contributed by atoms with Gasteiger partial charge in [0.05, 0.1) is 12.1 Å². The highest BCUT2D eigenvalue weighted by molar-refractivity contribution is 5.84. The number of nitrogens with zero attached hydrogens (tertiary/aromatic N) is 2. The van der Waals surface area contributed by atoms with Crippen molar-refractivity contribution in [3.8, 4) is 0 Å². The molecule has 0 radical (unpaired) electrons. The number of hydrogen-bond donors (Lipinski definition) is 2. The van der Waals surface area contributed by atoms with E-state index in [1.54, 1.807) is 20.9 Å². The first-order chi connectivity index (χ1) is 9.29. The van der Waals surface area contributed by atoms with E-state index in [0.717, 1.165) is 19.3 Å². The number of fused-ring (bicyclic) bond motifs is 1.